The number of aliphatic carboxylic acids is 1. The van der Waals surface area contributed by atoms with E-state index in [-0.39, 0.29) is 12.5 Å². The third-order valence-corrected chi connectivity index (χ3v) is 4.28. The number of carboxylic acids is 1. The van der Waals surface area contributed by atoms with Gasteiger partial charge in [-0.15, -0.1) is 0 Å². The van der Waals surface area contributed by atoms with Crippen molar-refractivity contribution in [1.29, 1.82) is 5.26 Å². The Labute approximate surface area is 135 Å². The number of rotatable bonds is 5. The Bertz CT molecular complexity index is 620. The second kappa shape index (κ2) is 7.14. The molecule has 6 nitrogen and oxygen atoms in total. The predicted octanol–water partition coefficient (Wildman–Crippen LogP) is 2.09. The van der Waals surface area contributed by atoms with Crippen LogP contribution in [-0.2, 0) is 9.59 Å². The number of carboxylic acid groups (broad SMARTS) is 1. The van der Waals surface area contributed by atoms with E-state index in [1.54, 1.807) is 31.2 Å². The van der Waals surface area contributed by atoms with Crippen molar-refractivity contribution in [3.05, 3.63) is 29.8 Å². The van der Waals surface area contributed by atoms with Crippen LogP contribution in [0.4, 0.5) is 0 Å². The van der Waals surface area contributed by atoms with Crippen LogP contribution in [0.5, 0.6) is 5.75 Å². The molecule has 122 valence electrons. The SMILES string of the molecule is CC1(NC(=O)COc2ccc(C#N)cc2)CCCCC1C(=O)O. The number of carbonyl (C=O) groups is 2. The molecule has 2 N–H and O–H groups in total. The van der Waals surface area contributed by atoms with Gasteiger partial charge in [0.2, 0.25) is 0 Å². The summed E-state index contributed by atoms with van der Waals surface area (Å²) >= 11 is 0. The van der Waals surface area contributed by atoms with Gasteiger partial charge >= 0.3 is 5.97 Å². The van der Waals surface area contributed by atoms with E-state index in [0.717, 1.165) is 12.8 Å². The number of nitrogens with zero attached hydrogens (tertiary/aromatic N) is 1. The van der Waals surface area contributed by atoms with Gasteiger partial charge in [0.15, 0.2) is 6.61 Å². The summed E-state index contributed by atoms with van der Waals surface area (Å²) < 4.78 is 5.38. The molecule has 2 unspecified atom stereocenters. The lowest BCUT2D eigenvalue weighted by molar-refractivity contribution is -0.146. The lowest BCUT2D eigenvalue weighted by Crippen LogP contribution is -2.56. The average molecular weight is 316 g/mol. The van der Waals surface area contributed by atoms with Gasteiger partial charge in [-0.3, -0.25) is 9.59 Å². The van der Waals surface area contributed by atoms with Crippen LogP contribution in [0.1, 0.15) is 38.2 Å². The van der Waals surface area contributed by atoms with Crippen molar-refractivity contribution in [2.75, 3.05) is 6.61 Å². The van der Waals surface area contributed by atoms with Crippen LogP contribution in [0.3, 0.4) is 0 Å². The van der Waals surface area contributed by atoms with Gasteiger partial charge in [-0.25, -0.2) is 0 Å². The van der Waals surface area contributed by atoms with Gasteiger partial charge in [-0.1, -0.05) is 12.8 Å². The zero-order chi connectivity index (χ0) is 16.9. The quantitative estimate of drug-likeness (QED) is 0.866. The van der Waals surface area contributed by atoms with E-state index >= 15 is 0 Å². The molecule has 1 aromatic carbocycles. The molecule has 0 spiro atoms. The van der Waals surface area contributed by atoms with Crippen molar-refractivity contribution >= 4 is 11.9 Å². The van der Waals surface area contributed by atoms with Crippen LogP contribution in [0, 0.1) is 17.2 Å². The number of hydrogen-bond acceptors (Lipinski definition) is 4. The monoisotopic (exact) mass is 316 g/mol. The first-order valence-electron chi connectivity index (χ1n) is 7.61. The first-order valence-corrected chi connectivity index (χ1v) is 7.61. The van der Waals surface area contributed by atoms with Gasteiger partial charge in [0.1, 0.15) is 5.75 Å². The van der Waals surface area contributed by atoms with Gasteiger partial charge in [0, 0.05) is 0 Å². The number of nitrogens with one attached hydrogen (secondary N) is 1. The standard InChI is InChI=1S/C17H20N2O4/c1-17(9-3-2-4-14(17)16(21)22)19-15(20)11-23-13-7-5-12(10-18)6-8-13/h5-8,14H,2-4,9,11H2,1H3,(H,19,20)(H,21,22). The first kappa shape index (κ1) is 16.8. The van der Waals surface area contributed by atoms with E-state index in [0.29, 0.717) is 24.2 Å². The maximum atomic E-state index is 12.1. The highest BCUT2D eigenvalue weighted by Gasteiger charge is 2.42. The van der Waals surface area contributed by atoms with Crippen LogP contribution in [0.2, 0.25) is 0 Å². The lowest BCUT2D eigenvalue weighted by atomic mass is 9.74. The summed E-state index contributed by atoms with van der Waals surface area (Å²) in [5.74, 6) is -1.30. The van der Waals surface area contributed by atoms with Gasteiger partial charge in [-0.2, -0.15) is 5.26 Å². The maximum absolute atomic E-state index is 12.1. The summed E-state index contributed by atoms with van der Waals surface area (Å²) in [5, 5.41) is 20.9. The maximum Gasteiger partial charge on any atom is 0.308 e. The summed E-state index contributed by atoms with van der Waals surface area (Å²) in [4.78, 5) is 23.5. The fraction of sp³-hybridized carbons (Fsp3) is 0.471. The number of nitriles is 1. The third-order valence-electron chi connectivity index (χ3n) is 4.28. The van der Waals surface area contributed by atoms with Crippen molar-refractivity contribution in [3.8, 4) is 11.8 Å². The molecule has 0 heterocycles. The van der Waals surface area contributed by atoms with Gasteiger partial charge in [0.05, 0.1) is 23.1 Å². The smallest absolute Gasteiger partial charge is 0.308 e. The molecule has 2 atom stereocenters. The number of carbonyl (C=O) groups excluding carboxylic acids is 1. The van der Waals surface area contributed by atoms with Crippen molar-refractivity contribution in [2.45, 2.75) is 38.1 Å². The summed E-state index contributed by atoms with van der Waals surface area (Å²) in [7, 11) is 0. The zero-order valence-electron chi connectivity index (χ0n) is 13.0. The normalized spacial score (nSPS) is 23.6. The van der Waals surface area contributed by atoms with Crippen LogP contribution in [0.25, 0.3) is 0 Å². The molecule has 6 heteroatoms. The molecule has 0 aromatic heterocycles. The van der Waals surface area contributed by atoms with Crippen LogP contribution < -0.4 is 10.1 Å². The minimum absolute atomic E-state index is 0.187. The number of ether oxygens (including phenoxy) is 1. The minimum Gasteiger partial charge on any atom is -0.484 e. The fourth-order valence-electron chi connectivity index (χ4n) is 3.01. The highest BCUT2D eigenvalue weighted by Crippen LogP contribution is 2.33. The van der Waals surface area contributed by atoms with Gasteiger partial charge < -0.3 is 15.2 Å². The molecular formula is C17H20N2O4. The fourth-order valence-corrected chi connectivity index (χ4v) is 3.01. The van der Waals surface area contributed by atoms with Gasteiger partial charge in [-0.05, 0) is 44.0 Å². The van der Waals surface area contributed by atoms with E-state index in [4.69, 9.17) is 10.00 Å². The third kappa shape index (κ3) is 4.22. The molecule has 2 rings (SSSR count). The second-order valence-corrected chi connectivity index (χ2v) is 6.03. The minimum atomic E-state index is -0.875. The molecule has 1 fully saturated rings. The largest absolute Gasteiger partial charge is 0.484 e. The molecule has 1 saturated carbocycles. The first-order chi connectivity index (χ1) is 10.9. The zero-order valence-corrected chi connectivity index (χ0v) is 13.0. The van der Waals surface area contributed by atoms with Crippen molar-refractivity contribution in [2.24, 2.45) is 5.92 Å². The Balaban J connectivity index is 1.92. The van der Waals surface area contributed by atoms with E-state index in [1.807, 2.05) is 6.07 Å². The molecule has 0 radical (unpaired) electrons. The molecule has 1 aliphatic rings. The van der Waals surface area contributed by atoms with Crippen molar-refractivity contribution < 1.29 is 19.4 Å². The molecule has 1 amide bonds. The predicted molar refractivity (Wildman–Crippen MR) is 82.8 cm³/mol. The molecule has 1 aliphatic carbocycles. The average Bonchev–Trinajstić information content (AvgIpc) is 2.53. The summed E-state index contributed by atoms with van der Waals surface area (Å²) in [6, 6.07) is 8.46. The van der Waals surface area contributed by atoms with Gasteiger partial charge in [0.25, 0.3) is 5.91 Å². The molecule has 0 bridgehead atoms. The summed E-state index contributed by atoms with van der Waals surface area (Å²) in [6.45, 7) is 1.60. The van der Waals surface area contributed by atoms with Crippen LogP contribution >= 0.6 is 0 Å². The summed E-state index contributed by atoms with van der Waals surface area (Å²) in [5.41, 5.74) is -0.226. The second-order valence-electron chi connectivity index (χ2n) is 6.03. The van der Waals surface area contributed by atoms with E-state index in [1.165, 1.54) is 0 Å². The highest BCUT2D eigenvalue weighted by molar-refractivity contribution is 5.80. The number of benzene rings is 1. The Morgan fingerprint density at radius 3 is 2.70 bits per heavy atom. The van der Waals surface area contributed by atoms with Crippen molar-refractivity contribution in [3.63, 3.8) is 0 Å². The molecule has 0 aliphatic heterocycles. The Hall–Kier alpha value is -2.55. The lowest BCUT2D eigenvalue weighted by Gasteiger charge is -2.39. The molecular weight excluding hydrogens is 296 g/mol. The topological polar surface area (TPSA) is 99.4 Å². The van der Waals surface area contributed by atoms with E-state index in [9.17, 15) is 14.7 Å². The van der Waals surface area contributed by atoms with E-state index < -0.39 is 17.4 Å². The number of hydrogen-bond donors (Lipinski definition) is 2. The molecule has 1 aromatic rings. The molecule has 23 heavy (non-hydrogen) atoms. The Morgan fingerprint density at radius 2 is 2.09 bits per heavy atom. The van der Waals surface area contributed by atoms with Crippen molar-refractivity contribution in [1.82, 2.24) is 5.32 Å². The molecule has 0 saturated heterocycles. The summed E-state index contributed by atoms with van der Waals surface area (Å²) in [6.07, 6.45) is 2.98. The Morgan fingerprint density at radius 1 is 1.39 bits per heavy atom. The highest BCUT2D eigenvalue weighted by atomic mass is 16.5. The van der Waals surface area contributed by atoms with Crippen LogP contribution in [0.15, 0.2) is 24.3 Å². The number of amides is 1. The Kier molecular flexibility index (Phi) is 5.22. The van der Waals surface area contributed by atoms with E-state index in [2.05, 4.69) is 5.32 Å². The van der Waals surface area contributed by atoms with Crippen LogP contribution in [-0.4, -0.2) is 29.1 Å².